The van der Waals surface area contributed by atoms with Gasteiger partial charge in [0.1, 0.15) is 0 Å². The number of aryl methyl sites for hydroxylation is 1. The minimum absolute atomic E-state index is 0.902. The second-order valence-electron chi connectivity index (χ2n) is 3.93. The first kappa shape index (κ1) is 11.3. The van der Waals surface area contributed by atoms with Crippen LogP contribution >= 0.6 is 11.3 Å². The molecule has 2 aromatic rings. The lowest BCUT2D eigenvalue weighted by molar-refractivity contribution is 0.685. The van der Waals surface area contributed by atoms with Crippen LogP contribution in [-0.4, -0.2) is 11.5 Å². The quantitative estimate of drug-likeness (QED) is 0.802. The van der Waals surface area contributed by atoms with Gasteiger partial charge in [-0.1, -0.05) is 6.07 Å². The van der Waals surface area contributed by atoms with Crippen molar-refractivity contribution in [3.8, 4) is 0 Å². The van der Waals surface area contributed by atoms with Crippen LogP contribution in [-0.2, 0) is 13.0 Å². The molecule has 0 radical (unpaired) electrons. The Morgan fingerprint density at radius 3 is 3.00 bits per heavy atom. The van der Waals surface area contributed by atoms with Gasteiger partial charge in [0.05, 0.1) is 0 Å². The van der Waals surface area contributed by atoms with Gasteiger partial charge in [-0.25, -0.2) is 0 Å². The molecule has 0 aliphatic carbocycles. The average molecular weight is 232 g/mol. The highest BCUT2D eigenvalue weighted by Gasteiger charge is 1.95. The maximum atomic E-state index is 4.17. The minimum Gasteiger partial charge on any atom is -0.312 e. The van der Waals surface area contributed by atoms with Gasteiger partial charge in [0, 0.05) is 18.9 Å². The highest BCUT2D eigenvalue weighted by molar-refractivity contribution is 7.07. The standard InChI is InChI=1S/C13H16N2S/c1-11-6-13(9-15-7-11)8-14-4-2-12-3-5-16-10-12/h3,5-7,9-10,14H,2,4,8H2,1H3. The maximum absolute atomic E-state index is 4.17. The normalized spacial score (nSPS) is 10.6. The molecule has 16 heavy (non-hydrogen) atoms. The summed E-state index contributed by atoms with van der Waals surface area (Å²) in [5.74, 6) is 0. The zero-order chi connectivity index (χ0) is 11.2. The lowest BCUT2D eigenvalue weighted by Crippen LogP contribution is -2.16. The summed E-state index contributed by atoms with van der Waals surface area (Å²) >= 11 is 1.76. The largest absolute Gasteiger partial charge is 0.312 e. The van der Waals surface area contributed by atoms with Crippen LogP contribution in [0.2, 0.25) is 0 Å². The molecule has 2 aromatic heterocycles. The van der Waals surface area contributed by atoms with Crippen LogP contribution < -0.4 is 5.32 Å². The molecule has 1 N–H and O–H groups in total. The van der Waals surface area contributed by atoms with Gasteiger partial charge in [0.15, 0.2) is 0 Å². The third kappa shape index (κ3) is 3.43. The van der Waals surface area contributed by atoms with E-state index in [1.54, 1.807) is 11.3 Å². The number of aromatic nitrogens is 1. The van der Waals surface area contributed by atoms with E-state index < -0.39 is 0 Å². The Morgan fingerprint density at radius 1 is 1.31 bits per heavy atom. The van der Waals surface area contributed by atoms with Gasteiger partial charge in [-0.3, -0.25) is 4.98 Å². The zero-order valence-corrected chi connectivity index (χ0v) is 10.3. The monoisotopic (exact) mass is 232 g/mol. The van der Waals surface area contributed by atoms with E-state index in [1.807, 2.05) is 12.4 Å². The average Bonchev–Trinajstić information content (AvgIpc) is 2.77. The molecule has 0 aliphatic rings. The molecule has 2 heterocycles. The summed E-state index contributed by atoms with van der Waals surface area (Å²) in [5.41, 5.74) is 3.89. The van der Waals surface area contributed by atoms with E-state index in [1.165, 1.54) is 16.7 Å². The fourth-order valence-corrected chi connectivity index (χ4v) is 2.32. The van der Waals surface area contributed by atoms with E-state index in [0.29, 0.717) is 0 Å². The molecule has 0 unspecified atom stereocenters. The Morgan fingerprint density at radius 2 is 2.25 bits per heavy atom. The topological polar surface area (TPSA) is 24.9 Å². The SMILES string of the molecule is Cc1cncc(CNCCc2ccsc2)c1. The molecule has 0 aromatic carbocycles. The summed E-state index contributed by atoms with van der Waals surface area (Å²) in [7, 11) is 0. The Hall–Kier alpha value is -1.19. The van der Waals surface area contributed by atoms with Crippen molar-refractivity contribution in [1.29, 1.82) is 0 Å². The minimum atomic E-state index is 0.902. The van der Waals surface area contributed by atoms with E-state index in [0.717, 1.165) is 19.5 Å². The molecular weight excluding hydrogens is 216 g/mol. The molecule has 2 nitrogen and oxygen atoms in total. The Bertz CT molecular complexity index is 423. The first-order valence-corrected chi connectivity index (χ1v) is 6.41. The summed E-state index contributed by atoms with van der Waals surface area (Å²) in [6.07, 6.45) is 4.90. The number of thiophene rings is 1. The van der Waals surface area contributed by atoms with Gasteiger partial charge in [-0.2, -0.15) is 11.3 Å². The number of nitrogens with zero attached hydrogens (tertiary/aromatic N) is 1. The molecule has 0 atom stereocenters. The Labute approximate surface area is 100 Å². The number of rotatable bonds is 5. The highest BCUT2D eigenvalue weighted by Crippen LogP contribution is 2.06. The Balaban J connectivity index is 1.72. The molecule has 0 saturated carbocycles. The first-order chi connectivity index (χ1) is 7.84. The number of pyridine rings is 1. The van der Waals surface area contributed by atoms with Gasteiger partial charge in [0.2, 0.25) is 0 Å². The van der Waals surface area contributed by atoms with Crippen molar-refractivity contribution in [2.45, 2.75) is 19.9 Å². The molecule has 0 saturated heterocycles. The smallest absolute Gasteiger partial charge is 0.0313 e. The molecule has 0 spiro atoms. The van der Waals surface area contributed by atoms with Gasteiger partial charge in [0.25, 0.3) is 0 Å². The first-order valence-electron chi connectivity index (χ1n) is 5.47. The summed E-state index contributed by atoms with van der Waals surface area (Å²) in [5, 5.41) is 7.76. The van der Waals surface area contributed by atoms with E-state index in [9.17, 15) is 0 Å². The van der Waals surface area contributed by atoms with Crippen molar-refractivity contribution in [1.82, 2.24) is 10.3 Å². The van der Waals surface area contributed by atoms with E-state index in [2.05, 4.69) is 40.1 Å². The van der Waals surface area contributed by atoms with Crippen LogP contribution in [0, 0.1) is 6.92 Å². The van der Waals surface area contributed by atoms with E-state index >= 15 is 0 Å². The van der Waals surface area contributed by atoms with Crippen LogP contribution in [0.3, 0.4) is 0 Å². The number of hydrogen-bond acceptors (Lipinski definition) is 3. The molecule has 84 valence electrons. The highest BCUT2D eigenvalue weighted by atomic mass is 32.1. The van der Waals surface area contributed by atoms with Crippen LogP contribution in [0.5, 0.6) is 0 Å². The van der Waals surface area contributed by atoms with Crippen molar-refractivity contribution < 1.29 is 0 Å². The van der Waals surface area contributed by atoms with Crippen LogP contribution in [0.25, 0.3) is 0 Å². The molecule has 3 heteroatoms. The zero-order valence-electron chi connectivity index (χ0n) is 9.44. The summed E-state index contributed by atoms with van der Waals surface area (Å²) in [6.45, 7) is 3.99. The van der Waals surface area contributed by atoms with Crippen LogP contribution in [0.1, 0.15) is 16.7 Å². The van der Waals surface area contributed by atoms with Crippen molar-refractivity contribution in [2.75, 3.05) is 6.54 Å². The fourth-order valence-electron chi connectivity index (χ4n) is 1.61. The lowest BCUT2D eigenvalue weighted by Gasteiger charge is -2.04. The van der Waals surface area contributed by atoms with E-state index in [-0.39, 0.29) is 0 Å². The lowest BCUT2D eigenvalue weighted by atomic mass is 10.2. The summed E-state index contributed by atoms with van der Waals surface area (Å²) in [4.78, 5) is 4.17. The predicted molar refractivity (Wildman–Crippen MR) is 68.7 cm³/mol. The van der Waals surface area contributed by atoms with Crippen molar-refractivity contribution in [2.24, 2.45) is 0 Å². The van der Waals surface area contributed by atoms with Crippen LogP contribution in [0.15, 0.2) is 35.3 Å². The second kappa shape index (κ2) is 5.77. The molecule has 0 fully saturated rings. The van der Waals surface area contributed by atoms with Gasteiger partial charge >= 0.3 is 0 Å². The molecular formula is C13H16N2S. The third-order valence-corrected chi connectivity index (χ3v) is 3.16. The van der Waals surface area contributed by atoms with Crippen molar-refractivity contribution in [3.63, 3.8) is 0 Å². The number of nitrogens with one attached hydrogen (secondary N) is 1. The molecule has 0 aliphatic heterocycles. The third-order valence-electron chi connectivity index (χ3n) is 2.43. The predicted octanol–water partition coefficient (Wildman–Crippen LogP) is 2.78. The van der Waals surface area contributed by atoms with Gasteiger partial charge in [-0.05, 0) is 53.4 Å². The fraction of sp³-hybridized carbons (Fsp3) is 0.308. The van der Waals surface area contributed by atoms with Crippen LogP contribution in [0.4, 0.5) is 0 Å². The van der Waals surface area contributed by atoms with Crippen molar-refractivity contribution >= 4 is 11.3 Å². The molecule has 0 amide bonds. The summed E-state index contributed by atoms with van der Waals surface area (Å²) in [6, 6.07) is 4.35. The number of hydrogen-bond donors (Lipinski definition) is 1. The van der Waals surface area contributed by atoms with Crippen molar-refractivity contribution in [3.05, 3.63) is 52.0 Å². The molecule has 2 rings (SSSR count). The van der Waals surface area contributed by atoms with E-state index in [4.69, 9.17) is 0 Å². The van der Waals surface area contributed by atoms with Gasteiger partial charge in [-0.15, -0.1) is 0 Å². The summed E-state index contributed by atoms with van der Waals surface area (Å²) < 4.78 is 0. The Kier molecular flexibility index (Phi) is 4.08. The van der Waals surface area contributed by atoms with Gasteiger partial charge < -0.3 is 5.32 Å². The maximum Gasteiger partial charge on any atom is 0.0313 e. The molecule has 0 bridgehead atoms. The second-order valence-corrected chi connectivity index (χ2v) is 4.71.